The molecule has 0 aromatic rings. The number of amides is 2. The number of nitrogens with one attached hydrogen (secondary N) is 2. The van der Waals surface area contributed by atoms with Crippen molar-refractivity contribution in [1.29, 1.82) is 0 Å². The molecule has 5 heteroatoms. The van der Waals surface area contributed by atoms with E-state index in [0.717, 1.165) is 6.42 Å². The van der Waals surface area contributed by atoms with E-state index in [0.29, 0.717) is 19.5 Å². The van der Waals surface area contributed by atoms with Crippen molar-refractivity contribution in [1.82, 2.24) is 10.6 Å². The zero-order chi connectivity index (χ0) is 12.6. The highest BCUT2D eigenvalue weighted by Crippen LogP contribution is 2.05. The Morgan fingerprint density at radius 3 is 2.19 bits per heavy atom. The first-order valence-corrected chi connectivity index (χ1v) is 5.58. The summed E-state index contributed by atoms with van der Waals surface area (Å²) in [5.41, 5.74) is -0.491. The molecule has 0 fully saturated rings. The van der Waals surface area contributed by atoms with Gasteiger partial charge < -0.3 is 15.4 Å². The predicted molar refractivity (Wildman–Crippen MR) is 62.2 cm³/mol. The second kappa shape index (κ2) is 7.09. The van der Waals surface area contributed by atoms with E-state index in [1.165, 1.54) is 0 Å². The van der Waals surface area contributed by atoms with Gasteiger partial charge in [-0.25, -0.2) is 4.79 Å². The number of hydrogen-bond donors (Lipinski definition) is 2. The van der Waals surface area contributed by atoms with Crippen LogP contribution in [0.15, 0.2) is 0 Å². The van der Waals surface area contributed by atoms with Crippen molar-refractivity contribution in [3.63, 3.8) is 0 Å². The number of rotatable bonds is 5. The van der Waals surface area contributed by atoms with Crippen LogP contribution in [0.3, 0.4) is 0 Å². The molecule has 0 spiro atoms. The SMILES string of the molecule is CCCC(=O)NCCNC(=O)OC(C)(C)C. The fraction of sp³-hybridized carbons (Fsp3) is 0.818. The molecule has 0 saturated carbocycles. The maximum atomic E-state index is 11.2. The normalized spacial score (nSPS) is 10.8. The molecular weight excluding hydrogens is 208 g/mol. The van der Waals surface area contributed by atoms with E-state index in [1.54, 1.807) is 20.8 Å². The van der Waals surface area contributed by atoms with Crippen molar-refractivity contribution >= 4 is 12.0 Å². The van der Waals surface area contributed by atoms with E-state index in [1.807, 2.05) is 6.92 Å². The Morgan fingerprint density at radius 2 is 1.69 bits per heavy atom. The summed E-state index contributed by atoms with van der Waals surface area (Å²) < 4.78 is 5.03. The topological polar surface area (TPSA) is 67.4 Å². The third-order valence-electron chi connectivity index (χ3n) is 1.59. The van der Waals surface area contributed by atoms with Crippen molar-refractivity contribution in [3.8, 4) is 0 Å². The van der Waals surface area contributed by atoms with Crippen LogP contribution in [0.4, 0.5) is 4.79 Å². The molecule has 5 nitrogen and oxygen atoms in total. The highest BCUT2D eigenvalue weighted by atomic mass is 16.6. The Bertz CT molecular complexity index is 234. The Labute approximate surface area is 96.9 Å². The van der Waals surface area contributed by atoms with Gasteiger partial charge >= 0.3 is 6.09 Å². The van der Waals surface area contributed by atoms with E-state index in [-0.39, 0.29) is 5.91 Å². The first-order chi connectivity index (χ1) is 7.35. The third-order valence-corrected chi connectivity index (χ3v) is 1.59. The van der Waals surface area contributed by atoms with E-state index >= 15 is 0 Å². The van der Waals surface area contributed by atoms with Crippen LogP contribution in [0.25, 0.3) is 0 Å². The molecule has 0 bridgehead atoms. The van der Waals surface area contributed by atoms with Gasteiger partial charge in [-0.1, -0.05) is 6.92 Å². The zero-order valence-corrected chi connectivity index (χ0v) is 10.6. The molecule has 94 valence electrons. The third kappa shape index (κ3) is 9.30. The number of ether oxygens (including phenoxy) is 1. The molecule has 2 amide bonds. The summed E-state index contributed by atoms with van der Waals surface area (Å²) >= 11 is 0. The Balaban J connectivity index is 3.52. The second-order valence-electron chi connectivity index (χ2n) is 4.53. The second-order valence-corrected chi connectivity index (χ2v) is 4.53. The maximum Gasteiger partial charge on any atom is 0.407 e. The monoisotopic (exact) mass is 230 g/mol. The van der Waals surface area contributed by atoms with Gasteiger partial charge in [0.25, 0.3) is 0 Å². The lowest BCUT2D eigenvalue weighted by Crippen LogP contribution is -2.37. The maximum absolute atomic E-state index is 11.2. The molecule has 0 radical (unpaired) electrons. The lowest BCUT2D eigenvalue weighted by molar-refractivity contribution is -0.121. The van der Waals surface area contributed by atoms with E-state index < -0.39 is 11.7 Å². The quantitative estimate of drug-likeness (QED) is 0.702. The van der Waals surface area contributed by atoms with Gasteiger partial charge in [0.2, 0.25) is 5.91 Å². The number of carbonyl (C=O) groups is 2. The van der Waals surface area contributed by atoms with Gasteiger partial charge in [0, 0.05) is 19.5 Å². The van der Waals surface area contributed by atoms with E-state index in [2.05, 4.69) is 10.6 Å². The molecule has 0 aliphatic heterocycles. The minimum atomic E-state index is -0.491. The molecule has 0 saturated heterocycles. The van der Waals surface area contributed by atoms with Gasteiger partial charge in [0.1, 0.15) is 5.60 Å². The molecule has 0 aromatic heterocycles. The van der Waals surface area contributed by atoms with Gasteiger partial charge in [0.05, 0.1) is 0 Å². The zero-order valence-electron chi connectivity index (χ0n) is 10.6. The van der Waals surface area contributed by atoms with Crippen LogP contribution < -0.4 is 10.6 Å². The standard InChI is InChI=1S/C11H22N2O3/c1-5-6-9(14)12-7-8-13-10(15)16-11(2,3)4/h5-8H2,1-4H3,(H,12,14)(H,13,15). The average molecular weight is 230 g/mol. The number of carbonyl (C=O) groups excluding carboxylic acids is 2. The van der Waals surface area contributed by atoms with E-state index in [4.69, 9.17) is 4.74 Å². The number of hydrogen-bond acceptors (Lipinski definition) is 3. The molecule has 0 aliphatic carbocycles. The summed E-state index contributed by atoms with van der Waals surface area (Å²) in [6.07, 6.45) is 0.884. The first-order valence-electron chi connectivity index (χ1n) is 5.58. The fourth-order valence-electron chi connectivity index (χ4n) is 0.996. The fourth-order valence-corrected chi connectivity index (χ4v) is 0.996. The molecule has 0 rings (SSSR count). The smallest absolute Gasteiger partial charge is 0.407 e. The van der Waals surface area contributed by atoms with Crippen LogP contribution in [0.5, 0.6) is 0 Å². The predicted octanol–water partition coefficient (Wildman–Crippen LogP) is 1.43. The van der Waals surface area contributed by atoms with Crippen LogP contribution in [0.1, 0.15) is 40.5 Å². The molecule has 16 heavy (non-hydrogen) atoms. The summed E-state index contributed by atoms with van der Waals surface area (Å²) in [5, 5.41) is 5.25. The summed E-state index contributed by atoms with van der Waals surface area (Å²) in [6.45, 7) is 8.15. The summed E-state index contributed by atoms with van der Waals surface area (Å²) in [4.78, 5) is 22.2. The van der Waals surface area contributed by atoms with Crippen LogP contribution in [-0.4, -0.2) is 30.7 Å². The Morgan fingerprint density at radius 1 is 1.12 bits per heavy atom. The lowest BCUT2D eigenvalue weighted by atomic mass is 10.2. The van der Waals surface area contributed by atoms with Crippen molar-refractivity contribution in [2.24, 2.45) is 0 Å². The first kappa shape index (κ1) is 14.7. The van der Waals surface area contributed by atoms with Gasteiger partial charge in [-0.15, -0.1) is 0 Å². The van der Waals surface area contributed by atoms with Crippen molar-refractivity contribution < 1.29 is 14.3 Å². The lowest BCUT2D eigenvalue weighted by Gasteiger charge is -2.19. The van der Waals surface area contributed by atoms with Gasteiger partial charge in [-0.05, 0) is 27.2 Å². The summed E-state index contributed by atoms with van der Waals surface area (Å²) in [6, 6.07) is 0. The molecule has 0 aromatic carbocycles. The molecule has 0 heterocycles. The number of alkyl carbamates (subject to hydrolysis) is 1. The Kier molecular flexibility index (Phi) is 6.53. The Hall–Kier alpha value is -1.26. The van der Waals surface area contributed by atoms with Crippen LogP contribution in [0.2, 0.25) is 0 Å². The minimum Gasteiger partial charge on any atom is -0.444 e. The van der Waals surface area contributed by atoms with Crippen molar-refractivity contribution in [2.75, 3.05) is 13.1 Å². The largest absolute Gasteiger partial charge is 0.444 e. The molecule has 0 atom stereocenters. The molecule has 0 unspecified atom stereocenters. The summed E-state index contributed by atoms with van der Waals surface area (Å²) in [7, 11) is 0. The molecule has 2 N–H and O–H groups in total. The molecular formula is C11H22N2O3. The van der Waals surface area contributed by atoms with Gasteiger partial charge in [0.15, 0.2) is 0 Å². The van der Waals surface area contributed by atoms with Crippen LogP contribution >= 0.6 is 0 Å². The molecule has 0 aliphatic rings. The minimum absolute atomic E-state index is 0.00786. The highest BCUT2D eigenvalue weighted by Gasteiger charge is 2.15. The van der Waals surface area contributed by atoms with Crippen LogP contribution in [0, 0.1) is 0 Å². The van der Waals surface area contributed by atoms with Crippen molar-refractivity contribution in [2.45, 2.75) is 46.1 Å². The highest BCUT2D eigenvalue weighted by molar-refractivity contribution is 5.75. The van der Waals surface area contributed by atoms with E-state index in [9.17, 15) is 9.59 Å². The van der Waals surface area contributed by atoms with Gasteiger partial charge in [-0.2, -0.15) is 0 Å². The van der Waals surface area contributed by atoms with Crippen molar-refractivity contribution in [3.05, 3.63) is 0 Å². The van der Waals surface area contributed by atoms with Gasteiger partial charge in [-0.3, -0.25) is 4.79 Å². The average Bonchev–Trinajstić information content (AvgIpc) is 2.10. The summed E-state index contributed by atoms with van der Waals surface area (Å²) in [5.74, 6) is 0.00786. The van der Waals surface area contributed by atoms with Crippen LogP contribution in [-0.2, 0) is 9.53 Å².